The minimum absolute atomic E-state index is 0. The molecule has 1 aromatic rings. The Morgan fingerprint density at radius 2 is 1.47 bits per heavy atom. The van der Waals surface area contributed by atoms with Crippen LogP contribution in [-0.4, -0.2) is 0 Å². The van der Waals surface area contributed by atoms with E-state index in [1.54, 1.807) is 11.4 Å². The topological polar surface area (TPSA) is 29.9 Å². The zero-order valence-corrected chi connectivity index (χ0v) is 12.1. The number of rotatable bonds is 1. The number of anilines is 1. The van der Waals surface area contributed by atoms with Crippen LogP contribution in [0.3, 0.4) is 0 Å². The van der Waals surface area contributed by atoms with E-state index in [0.29, 0.717) is 0 Å². The van der Waals surface area contributed by atoms with Gasteiger partial charge in [-0.2, -0.15) is 4.57 Å². The molecule has 0 saturated carbocycles. The predicted molar refractivity (Wildman–Crippen MR) is 65.4 cm³/mol. The lowest BCUT2D eigenvalue weighted by Crippen LogP contribution is -3.00. The second-order valence-electron chi connectivity index (χ2n) is 5.07. The van der Waals surface area contributed by atoms with E-state index in [2.05, 4.69) is 11.5 Å². The van der Waals surface area contributed by atoms with Gasteiger partial charge in [-0.3, -0.25) is 0 Å². The highest BCUT2D eigenvalue weighted by molar-refractivity contribution is 5.57. The van der Waals surface area contributed by atoms with E-state index in [-0.39, 0.29) is 17.0 Å². The Labute approximate surface area is 114 Å². The Balaban J connectivity index is 0.00000108. The number of nitrogens with zero attached hydrogens (tertiary/aromatic N) is 1. The number of hydrogen-bond acceptors (Lipinski definition) is 1. The highest BCUT2D eigenvalue weighted by Crippen LogP contribution is 2.32. The van der Waals surface area contributed by atoms with Crippen LogP contribution in [0.1, 0.15) is 48.7 Å². The minimum Gasteiger partial charge on any atom is -1.00 e. The summed E-state index contributed by atoms with van der Waals surface area (Å²) in [5, 5.41) is 0. The van der Waals surface area contributed by atoms with Crippen LogP contribution in [0.4, 0.5) is 5.69 Å². The van der Waals surface area contributed by atoms with Crippen LogP contribution >= 0.6 is 0 Å². The van der Waals surface area contributed by atoms with Gasteiger partial charge in [-0.15, -0.1) is 0 Å². The average Bonchev–Trinajstić information content (AvgIpc) is 2.79. The molecule has 3 heteroatoms. The van der Waals surface area contributed by atoms with Crippen molar-refractivity contribution in [3.8, 4) is 0 Å². The molecule has 2 aliphatic rings. The first-order valence-corrected chi connectivity index (χ1v) is 6.67. The Bertz CT molecular complexity index is 441. The average molecular weight is 297 g/mol. The summed E-state index contributed by atoms with van der Waals surface area (Å²) in [5.74, 6) is 0. The molecule has 0 aromatic carbocycles. The van der Waals surface area contributed by atoms with Crippen LogP contribution in [0.2, 0.25) is 0 Å². The van der Waals surface area contributed by atoms with Crippen LogP contribution < -0.4 is 27.3 Å². The molecule has 2 nitrogen and oxygen atoms in total. The molecule has 2 N–H and O–H groups in total. The molecule has 0 radical (unpaired) electrons. The van der Waals surface area contributed by atoms with Crippen molar-refractivity contribution in [3.63, 3.8) is 0 Å². The Morgan fingerprint density at radius 3 is 2.12 bits per heavy atom. The first-order chi connectivity index (χ1) is 7.83. The van der Waals surface area contributed by atoms with Crippen LogP contribution in [0, 0.1) is 0 Å². The first kappa shape index (κ1) is 12.9. The van der Waals surface area contributed by atoms with Crippen molar-refractivity contribution in [3.05, 3.63) is 22.5 Å². The third-order valence-electron chi connectivity index (χ3n) is 4.25. The van der Waals surface area contributed by atoms with E-state index < -0.39 is 0 Å². The molecule has 94 valence electrons. The van der Waals surface area contributed by atoms with Crippen molar-refractivity contribution in [1.82, 2.24) is 0 Å². The van der Waals surface area contributed by atoms with Crippen LogP contribution in [0.25, 0.3) is 0 Å². The number of halogens is 1. The third kappa shape index (κ3) is 1.88. The Hall–Kier alpha value is -0.570. The third-order valence-corrected chi connectivity index (χ3v) is 4.25. The molecule has 1 heterocycles. The summed E-state index contributed by atoms with van der Waals surface area (Å²) in [6.07, 6.45) is 8.83. The van der Waals surface area contributed by atoms with Gasteiger partial charge in [0, 0.05) is 24.0 Å². The number of nitrogens with two attached hydrogens (primary N) is 1. The van der Waals surface area contributed by atoms with Gasteiger partial charge < -0.3 is 22.7 Å². The molecule has 3 rings (SSSR count). The van der Waals surface area contributed by atoms with Gasteiger partial charge in [0.1, 0.15) is 6.54 Å². The molecule has 1 aromatic heterocycles. The molecule has 0 amide bonds. The van der Waals surface area contributed by atoms with E-state index in [4.69, 9.17) is 5.73 Å². The zero-order chi connectivity index (χ0) is 11.1. The van der Waals surface area contributed by atoms with E-state index >= 15 is 0 Å². The van der Waals surface area contributed by atoms with Gasteiger partial charge in [0.2, 0.25) is 0 Å². The molecule has 17 heavy (non-hydrogen) atoms. The summed E-state index contributed by atoms with van der Waals surface area (Å²) >= 11 is 0. The minimum atomic E-state index is 0. The monoisotopic (exact) mass is 296 g/mol. The SMILES string of the molecule is CC[n+]1c2c(c(N)c3c1CCC3)CCCC2.[Br-]. The van der Waals surface area contributed by atoms with Crippen molar-refractivity contribution in [1.29, 1.82) is 0 Å². The summed E-state index contributed by atoms with van der Waals surface area (Å²) in [5.41, 5.74) is 13.6. The summed E-state index contributed by atoms with van der Waals surface area (Å²) < 4.78 is 2.56. The fraction of sp³-hybridized carbons (Fsp3) is 0.643. The lowest BCUT2D eigenvalue weighted by molar-refractivity contribution is -0.708. The normalized spacial score (nSPS) is 17.2. The lowest BCUT2D eigenvalue weighted by Gasteiger charge is -2.19. The van der Waals surface area contributed by atoms with Gasteiger partial charge in [-0.1, -0.05) is 0 Å². The maximum absolute atomic E-state index is 6.37. The molecular formula is C14H21BrN2. The highest BCUT2D eigenvalue weighted by atomic mass is 79.9. The summed E-state index contributed by atoms with van der Waals surface area (Å²) in [4.78, 5) is 0. The van der Waals surface area contributed by atoms with E-state index in [1.165, 1.54) is 56.1 Å². The second-order valence-corrected chi connectivity index (χ2v) is 5.07. The fourth-order valence-electron chi connectivity index (χ4n) is 3.52. The lowest BCUT2D eigenvalue weighted by atomic mass is 9.91. The van der Waals surface area contributed by atoms with E-state index in [9.17, 15) is 0 Å². The molecule has 2 aliphatic carbocycles. The van der Waals surface area contributed by atoms with Crippen molar-refractivity contribution < 1.29 is 21.5 Å². The molecule has 0 bridgehead atoms. The number of pyridine rings is 1. The maximum Gasteiger partial charge on any atom is 0.186 e. The van der Waals surface area contributed by atoms with Gasteiger partial charge in [0.15, 0.2) is 11.4 Å². The maximum atomic E-state index is 6.37. The second kappa shape index (κ2) is 4.97. The Kier molecular flexibility index (Phi) is 3.76. The molecule has 0 saturated heterocycles. The van der Waals surface area contributed by atoms with Gasteiger partial charge in [0.05, 0.1) is 5.69 Å². The van der Waals surface area contributed by atoms with Gasteiger partial charge >= 0.3 is 0 Å². The number of nitrogen functional groups attached to an aromatic ring is 1. The first-order valence-electron chi connectivity index (χ1n) is 6.67. The van der Waals surface area contributed by atoms with E-state index in [1.807, 2.05) is 0 Å². The van der Waals surface area contributed by atoms with Gasteiger partial charge in [-0.05, 0) is 39.0 Å². The van der Waals surface area contributed by atoms with E-state index in [0.717, 1.165) is 12.2 Å². The largest absolute Gasteiger partial charge is 1.00 e. The highest BCUT2D eigenvalue weighted by Gasteiger charge is 2.31. The van der Waals surface area contributed by atoms with Crippen LogP contribution in [0.5, 0.6) is 0 Å². The summed E-state index contributed by atoms with van der Waals surface area (Å²) in [6.45, 7) is 3.38. The fourth-order valence-corrected chi connectivity index (χ4v) is 3.52. The van der Waals surface area contributed by atoms with Crippen LogP contribution in [-0.2, 0) is 32.2 Å². The van der Waals surface area contributed by atoms with Crippen LogP contribution in [0.15, 0.2) is 0 Å². The van der Waals surface area contributed by atoms with Crippen molar-refractivity contribution in [2.24, 2.45) is 0 Å². The molecule has 0 fully saturated rings. The standard InChI is InChI=1S/C14H20N2.BrH/c1-2-16-12-8-4-3-6-10(12)14(15)11-7-5-9-13(11)16;/h15H,2-9H2,1H3;1H. The number of aromatic nitrogens is 1. The molecule has 0 spiro atoms. The summed E-state index contributed by atoms with van der Waals surface area (Å²) in [6, 6.07) is 0. The molecular weight excluding hydrogens is 276 g/mol. The number of hydrogen-bond donors (Lipinski definition) is 1. The summed E-state index contributed by atoms with van der Waals surface area (Å²) in [7, 11) is 0. The molecule has 0 aliphatic heterocycles. The molecule has 0 unspecified atom stereocenters. The zero-order valence-electron chi connectivity index (χ0n) is 10.6. The quantitative estimate of drug-likeness (QED) is 0.659. The Morgan fingerprint density at radius 1 is 0.941 bits per heavy atom. The smallest absolute Gasteiger partial charge is 0.186 e. The van der Waals surface area contributed by atoms with Crippen molar-refractivity contribution in [2.45, 2.75) is 58.4 Å². The van der Waals surface area contributed by atoms with Crippen molar-refractivity contribution in [2.75, 3.05) is 5.73 Å². The number of fused-ring (bicyclic) bond motifs is 2. The van der Waals surface area contributed by atoms with Crippen molar-refractivity contribution >= 4 is 5.69 Å². The van der Waals surface area contributed by atoms with Gasteiger partial charge in [0.25, 0.3) is 0 Å². The van der Waals surface area contributed by atoms with Gasteiger partial charge in [-0.25, -0.2) is 0 Å². The molecule has 0 atom stereocenters. The predicted octanol–water partition coefficient (Wildman–Crippen LogP) is -1.05.